The zero-order chi connectivity index (χ0) is 19.1. The molecule has 0 aliphatic rings. The molecule has 1 aromatic heterocycles. The molecule has 2 N–H and O–H groups in total. The van der Waals surface area contributed by atoms with Gasteiger partial charge in [-0.05, 0) is 62.7 Å². The minimum Gasteiger partial charge on any atom is -0.278 e. The van der Waals surface area contributed by atoms with Crippen molar-refractivity contribution in [1.82, 2.24) is 4.98 Å². The number of hydrogen-bond donors (Lipinski definition) is 2. The average molecular weight is 357 g/mol. The smallest absolute Gasteiger partial charge is 0.0870 e. The van der Waals surface area contributed by atoms with Gasteiger partial charge in [0.25, 0.3) is 0 Å². The van der Waals surface area contributed by atoms with Crippen LogP contribution in [0.3, 0.4) is 0 Å². The highest BCUT2D eigenvalue weighted by Gasteiger charge is 2.07. The molecule has 0 amide bonds. The quantitative estimate of drug-likeness (QED) is 0.479. The molecular weight excluding hydrogens is 334 g/mol. The molecule has 0 aliphatic heterocycles. The lowest BCUT2D eigenvalue weighted by atomic mass is 10.1. The monoisotopic (exact) mass is 357 g/mol. The van der Waals surface area contributed by atoms with Crippen LogP contribution in [0.4, 0.5) is 11.4 Å². The lowest BCUT2D eigenvalue weighted by molar-refractivity contribution is 1.19. The summed E-state index contributed by atoms with van der Waals surface area (Å²) in [5.74, 6) is 0. The Morgan fingerprint density at radius 1 is 0.704 bits per heavy atom. The molecule has 5 heteroatoms. The van der Waals surface area contributed by atoms with E-state index in [0.717, 1.165) is 39.7 Å². The van der Waals surface area contributed by atoms with Crippen LogP contribution >= 0.6 is 0 Å². The van der Waals surface area contributed by atoms with Crippen LogP contribution < -0.4 is 10.9 Å². The maximum Gasteiger partial charge on any atom is 0.0870 e. The van der Waals surface area contributed by atoms with Gasteiger partial charge in [0.1, 0.15) is 0 Å². The molecule has 136 valence electrons. The van der Waals surface area contributed by atoms with Crippen molar-refractivity contribution < 1.29 is 0 Å². The van der Waals surface area contributed by atoms with Crippen LogP contribution in [-0.2, 0) is 0 Å². The molecular formula is C22H23N5. The average Bonchev–Trinajstić information content (AvgIpc) is 2.71. The maximum atomic E-state index is 4.72. The normalized spacial score (nSPS) is 12.0. The molecule has 0 spiro atoms. The van der Waals surface area contributed by atoms with E-state index in [4.69, 9.17) is 4.98 Å². The first kappa shape index (κ1) is 18.3. The van der Waals surface area contributed by atoms with Crippen LogP contribution in [0.1, 0.15) is 30.8 Å². The van der Waals surface area contributed by atoms with Crippen molar-refractivity contribution in [2.45, 2.75) is 20.8 Å². The summed E-state index contributed by atoms with van der Waals surface area (Å²) in [7, 11) is 0. The van der Waals surface area contributed by atoms with Gasteiger partial charge in [0.05, 0.1) is 34.2 Å². The minimum atomic E-state index is 0.813. The van der Waals surface area contributed by atoms with Crippen LogP contribution in [0.2, 0.25) is 0 Å². The highest BCUT2D eigenvalue weighted by atomic mass is 15.3. The van der Waals surface area contributed by atoms with Crippen molar-refractivity contribution >= 4 is 22.8 Å². The summed E-state index contributed by atoms with van der Waals surface area (Å²) in [6.45, 7) is 5.93. The Morgan fingerprint density at radius 3 is 1.52 bits per heavy atom. The van der Waals surface area contributed by atoms with Gasteiger partial charge in [-0.15, -0.1) is 0 Å². The maximum absolute atomic E-state index is 4.72. The molecule has 0 bridgehead atoms. The number of aryl methyl sites for hydroxylation is 1. The Morgan fingerprint density at radius 2 is 1.11 bits per heavy atom. The Hall–Kier alpha value is -3.47. The number of aromatic nitrogens is 1. The van der Waals surface area contributed by atoms with E-state index in [0.29, 0.717) is 0 Å². The largest absolute Gasteiger partial charge is 0.278 e. The van der Waals surface area contributed by atoms with Gasteiger partial charge in [-0.25, -0.2) is 4.98 Å². The molecule has 2 aromatic carbocycles. The summed E-state index contributed by atoms with van der Waals surface area (Å²) in [5.41, 5.74) is 12.4. The van der Waals surface area contributed by atoms with E-state index in [1.54, 1.807) is 0 Å². The van der Waals surface area contributed by atoms with Gasteiger partial charge in [0, 0.05) is 0 Å². The van der Waals surface area contributed by atoms with Crippen LogP contribution in [0.25, 0.3) is 0 Å². The van der Waals surface area contributed by atoms with Crippen molar-refractivity contribution in [3.8, 4) is 0 Å². The fourth-order valence-corrected chi connectivity index (χ4v) is 2.47. The summed E-state index contributed by atoms with van der Waals surface area (Å²) in [6.07, 6.45) is 0. The fraction of sp³-hybridized carbons (Fsp3) is 0.136. The topological polar surface area (TPSA) is 61.7 Å². The van der Waals surface area contributed by atoms with Crippen molar-refractivity contribution in [2.75, 3.05) is 10.9 Å². The lowest BCUT2D eigenvalue weighted by Gasteiger charge is -2.08. The second-order valence-corrected chi connectivity index (χ2v) is 6.27. The SMILES string of the molecule is CC(=NNc1ccccc1)c1cc(C)cc(C(C)=NNc2ccccc2)n1. The van der Waals surface area contributed by atoms with E-state index in [1.165, 1.54) is 0 Å². The van der Waals surface area contributed by atoms with Crippen molar-refractivity contribution in [1.29, 1.82) is 0 Å². The Labute approximate surface area is 159 Å². The summed E-state index contributed by atoms with van der Waals surface area (Å²) in [5, 5.41) is 8.90. The molecule has 1 heterocycles. The molecule has 0 radical (unpaired) electrons. The molecule has 0 fully saturated rings. The lowest BCUT2D eigenvalue weighted by Crippen LogP contribution is -2.09. The van der Waals surface area contributed by atoms with Gasteiger partial charge in [-0.2, -0.15) is 10.2 Å². The number of hydrogen-bond acceptors (Lipinski definition) is 5. The standard InChI is InChI=1S/C22H23N5/c1-16-14-21(17(2)24-26-19-10-6-4-7-11-19)23-22(15-16)18(3)25-27-20-12-8-5-9-13-20/h4-15,26-27H,1-3H3. The van der Waals surface area contributed by atoms with Crippen molar-refractivity contribution in [2.24, 2.45) is 10.2 Å². The first-order valence-corrected chi connectivity index (χ1v) is 8.82. The third-order valence-corrected chi connectivity index (χ3v) is 3.96. The number of hydrazone groups is 2. The zero-order valence-electron chi connectivity index (χ0n) is 15.8. The molecule has 0 aliphatic carbocycles. The molecule has 0 atom stereocenters. The second kappa shape index (κ2) is 8.76. The highest BCUT2D eigenvalue weighted by Crippen LogP contribution is 2.11. The second-order valence-electron chi connectivity index (χ2n) is 6.27. The highest BCUT2D eigenvalue weighted by molar-refractivity contribution is 6.01. The van der Waals surface area contributed by atoms with Crippen molar-refractivity contribution in [3.05, 3.63) is 89.7 Å². The summed E-state index contributed by atoms with van der Waals surface area (Å²) in [4.78, 5) is 4.72. The van der Waals surface area contributed by atoms with Gasteiger partial charge >= 0.3 is 0 Å². The number of benzene rings is 2. The van der Waals surface area contributed by atoms with E-state index in [2.05, 4.69) is 21.1 Å². The molecule has 27 heavy (non-hydrogen) atoms. The van der Waals surface area contributed by atoms with E-state index in [1.807, 2.05) is 93.6 Å². The van der Waals surface area contributed by atoms with E-state index >= 15 is 0 Å². The van der Waals surface area contributed by atoms with Crippen molar-refractivity contribution in [3.63, 3.8) is 0 Å². The number of nitrogens with one attached hydrogen (secondary N) is 2. The first-order chi connectivity index (χ1) is 13.1. The van der Waals surface area contributed by atoms with E-state index in [-0.39, 0.29) is 0 Å². The molecule has 0 unspecified atom stereocenters. The number of para-hydroxylation sites is 2. The number of rotatable bonds is 6. The fourth-order valence-electron chi connectivity index (χ4n) is 2.47. The third-order valence-electron chi connectivity index (χ3n) is 3.96. The molecule has 3 rings (SSSR count). The van der Waals surface area contributed by atoms with E-state index in [9.17, 15) is 0 Å². The van der Waals surface area contributed by atoms with Gasteiger partial charge < -0.3 is 0 Å². The summed E-state index contributed by atoms with van der Waals surface area (Å²) < 4.78 is 0. The molecule has 0 saturated carbocycles. The third kappa shape index (κ3) is 5.25. The first-order valence-electron chi connectivity index (χ1n) is 8.82. The molecule has 0 saturated heterocycles. The predicted octanol–water partition coefficient (Wildman–Crippen LogP) is 5.06. The summed E-state index contributed by atoms with van der Waals surface area (Å²) in [6, 6.07) is 23.7. The number of pyridine rings is 1. The van der Waals surface area contributed by atoms with Gasteiger partial charge in [-0.3, -0.25) is 10.9 Å². The number of anilines is 2. The predicted molar refractivity (Wildman–Crippen MR) is 114 cm³/mol. The van der Waals surface area contributed by atoms with Gasteiger partial charge in [0.2, 0.25) is 0 Å². The Kier molecular flexibility index (Phi) is 5.94. The Bertz CT molecular complexity index is 871. The van der Waals surface area contributed by atoms with Crippen LogP contribution in [0.5, 0.6) is 0 Å². The van der Waals surface area contributed by atoms with Crippen LogP contribution in [0.15, 0.2) is 83.0 Å². The summed E-state index contributed by atoms with van der Waals surface area (Å²) >= 11 is 0. The zero-order valence-corrected chi connectivity index (χ0v) is 15.8. The number of nitrogens with zero attached hydrogens (tertiary/aromatic N) is 3. The molecule has 3 aromatic rings. The van der Waals surface area contributed by atoms with Gasteiger partial charge in [0.15, 0.2) is 0 Å². The van der Waals surface area contributed by atoms with E-state index < -0.39 is 0 Å². The Balaban J connectivity index is 1.79. The van der Waals surface area contributed by atoms with Gasteiger partial charge in [-0.1, -0.05) is 36.4 Å². The van der Waals surface area contributed by atoms with Crippen LogP contribution in [-0.4, -0.2) is 16.4 Å². The van der Waals surface area contributed by atoms with Crippen LogP contribution in [0, 0.1) is 6.92 Å². The molecule has 5 nitrogen and oxygen atoms in total. The minimum absolute atomic E-state index is 0.813.